The van der Waals surface area contributed by atoms with Crippen LogP contribution in [0.5, 0.6) is 0 Å². The second kappa shape index (κ2) is 8.31. The number of para-hydroxylation sites is 1. The van der Waals surface area contributed by atoms with E-state index in [1.165, 1.54) is 47.4 Å². The summed E-state index contributed by atoms with van der Waals surface area (Å²) in [5.74, 6) is -0.553. The van der Waals surface area contributed by atoms with Crippen molar-refractivity contribution in [3.63, 3.8) is 0 Å². The Morgan fingerprint density at radius 3 is 2.70 bits per heavy atom. The first kappa shape index (κ1) is 21.0. The van der Waals surface area contributed by atoms with E-state index in [0.29, 0.717) is 0 Å². The molecule has 0 spiro atoms. The van der Waals surface area contributed by atoms with E-state index in [4.69, 9.17) is 15.6 Å². The highest BCUT2D eigenvalue weighted by atomic mass is 32.2. The normalized spacial score (nSPS) is 11.0. The molecule has 0 unspecified atom stereocenters. The number of aromatic nitrogens is 2. The summed E-state index contributed by atoms with van der Waals surface area (Å²) in [6.45, 7) is 0. The third kappa shape index (κ3) is 4.62. The lowest BCUT2D eigenvalue weighted by molar-refractivity contribution is -0.115. The van der Waals surface area contributed by atoms with Crippen LogP contribution in [0.2, 0.25) is 0 Å². The lowest BCUT2D eigenvalue weighted by atomic mass is 10.1. The maximum absolute atomic E-state index is 12.4. The summed E-state index contributed by atoms with van der Waals surface area (Å²) >= 11 is 0. The minimum absolute atomic E-state index is 0.0831. The van der Waals surface area contributed by atoms with Crippen LogP contribution in [0.1, 0.15) is 11.1 Å². The molecule has 12 heteroatoms. The molecule has 3 aromatic rings. The van der Waals surface area contributed by atoms with Crippen LogP contribution in [0.15, 0.2) is 59.8 Å². The number of nitriles is 1. The van der Waals surface area contributed by atoms with E-state index in [-0.39, 0.29) is 44.7 Å². The van der Waals surface area contributed by atoms with Gasteiger partial charge in [-0.15, -0.1) is 0 Å². The summed E-state index contributed by atoms with van der Waals surface area (Å²) in [5, 5.41) is 40.6. The van der Waals surface area contributed by atoms with Crippen molar-refractivity contribution in [3.8, 4) is 11.8 Å². The molecule has 1 aromatic heterocycles. The number of rotatable bonds is 6. The smallest absolute Gasteiger partial charge is 0.240 e. The minimum atomic E-state index is -4.19. The van der Waals surface area contributed by atoms with Gasteiger partial charge in [-0.1, -0.05) is 18.2 Å². The first-order chi connectivity index (χ1) is 14.2. The fraction of sp³-hybridized carbons (Fsp3) is 0.0556. The van der Waals surface area contributed by atoms with E-state index in [1.54, 1.807) is 6.07 Å². The van der Waals surface area contributed by atoms with Gasteiger partial charge in [0.1, 0.15) is 11.0 Å². The Morgan fingerprint density at radius 1 is 1.33 bits per heavy atom. The summed E-state index contributed by atoms with van der Waals surface area (Å²) < 4.78 is 25.3. The summed E-state index contributed by atoms with van der Waals surface area (Å²) in [7, 11) is -4.19. The van der Waals surface area contributed by atoms with Crippen LogP contribution in [0.3, 0.4) is 0 Å². The van der Waals surface area contributed by atoms with Gasteiger partial charge in [-0.2, -0.15) is 10.4 Å². The number of nitrogens with zero attached hydrogens (tertiary/aromatic N) is 4. The van der Waals surface area contributed by atoms with Crippen molar-refractivity contribution in [2.45, 2.75) is 11.3 Å². The second-order valence-corrected chi connectivity index (χ2v) is 7.67. The number of carbonyl (C=O) groups is 1. The molecule has 0 radical (unpaired) electrons. The van der Waals surface area contributed by atoms with Crippen molar-refractivity contribution in [2.75, 3.05) is 10.5 Å². The van der Waals surface area contributed by atoms with Crippen molar-refractivity contribution < 1.29 is 18.4 Å². The number of anilines is 2. The number of nitrogens with two attached hydrogens (primary N) is 1. The molecule has 0 aliphatic heterocycles. The molecule has 3 rings (SSSR count). The van der Waals surface area contributed by atoms with Crippen LogP contribution in [-0.4, -0.2) is 29.3 Å². The van der Waals surface area contributed by atoms with Gasteiger partial charge in [0.15, 0.2) is 0 Å². The number of primary sulfonamides is 1. The highest BCUT2D eigenvalue weighted by Crippen LogP contribution is 2.24. The number of benzene rings is 2. The molecule has 2 aromatic carbocycles. The Kier molecular flexibility index (Phi) is 5.81. The van der Waals surface area contributed by atoms with Gasteiger partial charge in [-0.05, 0) is 29.8 Å². The Labute approximate surface area is 171 Å². The van der Waals surface area contributed by atoms with Crippen molar-refractivity contribution >= 4 is 27.3 Å². The lowest BCUT2D eigenvalue weighted by Gasteiger charge is -2.24. The SMILES string of the molecule is N#Cc1cnn(-c2ccc(NC(=O)Cc3ccccc3N([O-])O)cc2S(N)(=O)=O)c1. The first-order valence-electron chi connectivity index (χ1n) is 8.35. The van der Waals surface area contributed by atoms with E-state index in [0.717, 1.165) is 6.07 Å². The number of sulfonamides is 1. The first-order valence-corrected chi connectivity index (χ1v) is 9.89. The molecule has 0 bridgehead atoms. The largest absolute Gasteiger partial charge is 0.733 e. The predicted octanol–water partition coefficient (Wildman–Crippen LogP) is 1.27. The molecule has 1 amide bonds. The predicted molar refractivity (Wildman–Crippen MR) is 106 cm³/mol. The topological polar surface area (TPSA) is 177 Å². The van der Waals surface area contributed by atoms with E-state index >= 15 is 0 Å². The van der Waals surface area contributed by atoms with Gasteiger partial charge in [0.2, 0.25) is 15.9 Å². The maximum atomic E-state index is 12.4. The van der Waals surface area contributed by atoms with Crippen molar-refractivity contribution in [2.24, 2.45) is 5.14 Å². The number of nitrogens with one attached hydrogen (secondary N) is 1. The molecule has 0 saturated carbocycles. The van der Waals surface area contributed by atoms with E-state index in [1.807, 2.05) is 6.07 Å². The monoisotopic (exact) mass is 427 g/mol. The molecule has 1 heterocycles. The van der Waals surface area contributed by atoms with Crippen molar-refractivity contribution in [3.05, 3.63) is 71.2 Å². The second-order valence-electron chi connectivity index (χ2n) is 6.14. The van der Waals surface area contributed by atoms with E-state index < -0.39 is 15.9 Å². The lowest BCUT2D eigenvalue weighted by Crippen LogP contribution is -2.19. The molecular weight excluding hydrogens is 412 g/mol. The van der Waals surface area contributed by atoms with Gasteiger partial charge in [0, 0.05) is 11.9 Å². The molecule has 11 nitrogen and oxygen atoms in total. The zero-order valence-electron chi connectivity index (χ0n) is 15.3. The Balaban J connectivity index is 1.89. The summed E-state index contributed by atoms with van der Waals surface area (Å²) in [4.78, 5) is 12.1. The summed E-state index contributed by atoms with van der Waals surface area (Å²) in [6, 6.07) is 11.8. The molecule has 0 aliphatic rings. The minimum Gasteiger partial charge on any atom is -0.733 e. The van der Waals surface area contributed by atoms with Gasteiger partial charge < -0.3 is 15.8 Å². The average molecular weight is 427 g/mol. The number of hydrogen-bond acceptors (Lipinski definition) is 8. The number of carbonyl (C=O) groups excluding carboxylic acids is 1. The van der Waals surface area contributed by atoms with Gasteiger partial charge in [-0.25, -0.2) is 18.2 Å². The third-order valence-corrected chi connectivity index (χ3v) is 5.00. The van der Waals surface area contributed by atoms with Crippen LogP contribution in [0.25, 0.3) is 5.69 Å². The molecule has 0 saturated heterocycles. The molecule has 0 aliphatic carbocycles. The van der Waals surface area contributed by atoms with Gasteiger partial charge in [0.25, 0.3) is 0 Å². The van der Waals surface area contributed by atoms with E-state index in [2.05, 4.69) is 10.4 Å². The zero-order valence-corrected chi connectivity index (χ0v) is 16.1. The maximum Gasteiger partial charge on any atom is 0.240 e. The van der Waals surface area contributed by atoms with E-state index in [9.17, 15) is 18.4 Å². The standard InChI is InChI=1S/C18H15N6O5S/c19-9-12-10-21-23(11-12)16-6-5-14(8-17(16)30(20,28)29)22-18(25)7-13-3-1-2-4-15(13)24(26)27/h1-6,8,10-11,26H,7H2,(H,22,25)(H2,20,28,29)/q-1. The van der Waals surface area contributed by atoms with Crippen LogP contribution < -0.4 is 15.7 Å². The Hall–Kier alpha value is -3.76. The van der Waals surface area contributed by atoms with Gasteiger partial charge in [-0.3, -0.25) is 10.0 Å². The average Bonchev–Trinajstić information content (AvgIpc) is 3.16. The number of amides is 1. The molecular formula is C18H15N6O5S-. The van der Waals surface area contributed by atoms with Crippen LogP contribution in [0.4, 0.5) is 11.4 Å². The molecule has 30 heavy (non-hydrogen) atoms. The summed E-state index contributed by atoms with van der Waals surface area (Å²) in [6.07, 6.45) is 2.36. The fourth-order valence-electron chi connectivity index (χ4n) is 2.75. The Morgan fingerprint density at radius 2 is 2.07 bits per heavy atom. The molecule has 0 fully saturated rings. The van der Waals surface area contributed by atoms with Crippen LogP contribution in [-0.2, 0) is 21.2 Å². The Bertz CT molecular complexity index is 1250. The van der Waals surface area contributed by atoms with Crippen LogP contribution >= 0.6 is 0 Å². The highest BCUT2D eigenvalue weighted by molar-refractivity contribution is 7.89. The molecule has 154 valence electrons. The highest BCUT2D eigenvalue weighted by Gasteiger charge is 2.18. The van der Waals surface area contributed by atoms with Gasteiger partial charge >= 0.3 is 0 Å². The molecule has 4 N–H and O–H groups in total. The fourth-order valence-corrected chi connectivity index (χ4v) is 3.49. The van der Waals surface area contributed by atoms with Crippen LogP contribution in [0, 0.1) is 16.5 Å². The number of hydrogen-bond donors (Lipinski definition) is 3. The quantitative estimate of drug-likeness (QED) is 0.492. The zero-order chi connectivity index (χ0) is 21.9. The van der Waals surface area contributed by atoms with Gasteiger partial charge in [0.05, 0.1) is 29.6 Å². The molecule has 0 atom stereocenters. The van der Waals surface area contributed by atoms with Crippen molar-refractivity contribution in [1.82, 2.24) is 9.78 Å². The van der Waals surface area contributed by atoms with Crippen molar-refractivity contribution in [1.29, 1.82) is 5.26 Å². The summed E-state index contributed by atoms with van der Waals surface area (Å²) in [5.41, 5.74) is 0.657. The third-order valence-electron chi connectivity index (χ3n) is 4.06.